The number of nitrogens with one attached hydrogen (secondary N) is 1. The van der Waals surface area contributed by atoms with Gasteiger partial charge in [0.2, 0.25) is 0 Å². The number of benzene rings is 1. The van der Waals surface area contributed by atoms with Gasteiger partial charge in [0.1, 0.15) is 5.75 Å². The molecule has 0 radical (unpaired) electrons. The summed E-state index contributed by atoms with van der Waals surface area (Å²) in [6.07, 6.45) is 3.35. The van der Waals surface area contributed by atoms with Crippen LogP contribution in [0.1, 0.15) is 23.4 Å². The quantitative estimate of drug-likeness (QED) is 0.802. The molecule has 0 bridgehead atoms. The van der Waals surface area contributed by atoms with Crippen molar-refractivity contribution < 1.29 is 18.7 Å². The number of rotatable bonds is 6. The number of nitrogens with zero attached hydrogens (tertiary/aromatic N) is 1. The molecule has 8 heteroatoms. The third-order valence-corrected chi connectivity index (χ3v) is 4.17. The largest absolute Gasteiger partial charge is 0.484 e. The lowest BCUT2D eigenvalue weighted by molar-refractivity contribution is -0.134. The van der Waals surface area contributed by atoms with Crippen LogP contribution in [0.3, 0.4) is 0 Å². The summed E-state index contributed by atoms with van der Waals surface area (Å²) in [5, 5.41) is 2.72. The number of anilines is 1. The topological polar surface area (TPSA) is 97.8 Å². The summed E-state index contributed by atoms with van der Waals surface area (Å²) in [6, 6.07) is 10.2. The molecule has 1 aromatic heterocycles. The maximum absolute atomic E-state index is 12.3. The van der Waals surface area contributed by atoms with Gasteiger partial charge in [-0.2, -0.15) is 0 Å². The monoisotopic (exact) mass is 379 g/mol. The molecule has 2 aromatic rings. The van der Waals surface area contributed by atoms with Gasteiger partial charge in [-0.15, -0.1) is 12.4 Å². The number of carbonyl (C=O) groups is 2. The molecule has 0 aliphatic carbocycles. The molecule has 1 atom stereocenters. The number of hydrogen-bond donors (Lipinski definition) is 2. The first-order chi connectivity index (χ1) is 12.2. The third-order valence-electron chi connectivity index (χ3n) is 4.17. The van der Waals surface area contributed by atoms with Gasteiger partial charge >= 0.3 is 0 Å². The molecule has 1 aliphatic rings. The van der Waals surface area contributed by atoms with E-state index in [2.05, 4.69) is 5.32 Å². The Morgan fingerprint density at radius 3 is 2.88 bits per heavy atom. The molecule has 1 fully saturated rings. The van der Waals surface area contributed by atoms with E-state index in [0.717, 1.165) is 19.4 Å². The van der Waals surface area contributed by atoms with Gasteiger partial charge in [-0.3, -0.25) is 9.59 Å². The predicted octanol–water partition coefficient (Wildman–Crippen LogP) is 2.28. The standard InChI is InChI=1S/C18H21N3O4.ClH/c19-11-14-5-2-8-21(14)17(22)12-25-15-6-1-4-13(10-15)20-18(23)16-7-3-9-24-16;/h1,3-4,6-7,9-10,14H,2,5,8,11-12,19H2,(H,20,23);1H. The van der Waals surface area contributed by atoms with Crippen molar-refractivity contribution in [2.45, 2.75) is 18.9 Å². The van der Waals surface area contributed by atoms with Crippen LogP contribution in [0.2, 0.25) is 0 Å². The Balaban J connectivity index is 0.00000243. The first-order valence-corrected chi connectivity index (χ1v) is 8.24. The zero-order chi connectivity index (χ0) is 17.6. The SMILES string of the molecule is Cl.NCC1CCCN1C(=O)COc1cccc(NC(=O)c2ccco2)c1. The van der Waals surface area contributed by atoms with E-state index in [1.165, 1.54) is 6.26 Å². The molecule has 1 unspecified atom stereocenters. The van der Waals surface area contributed by atoms with E-state index in [4.69, 9.17) is 14.9 Å². The van der Waals surface area contributed by atoms with Crippen LogP contribution in [0.4, 0.5) is 5.69 Å². The molecule has 1 aliphatic heterocycles. The molecule has 1 aromatic carbocycles. The number of furan rings is 1. The van der Waals surface area contributed by atoms with Gasteiger partial charge in [-0.25, -0.2) is 0 Å². The Hall–Kier alpha value is -2.51. The van der Waals surface area contributed by atoms with Crippen LogP contribution in [-0.2, 0) is 4.79 Å². The predicted molar refractivity (Wildman–Crippen MR) is 99.6 cm³/mol. The normalized spacial score (nSPS) is 16.0. The highest BCUT2D eigenvalue weighted by molar-refractivity contribution is 6.02. The lowest BCUT2D eigenvalue weighted by Crippen LogP contribution is -2.42. The second-order valence-corrected chi connectivity index (χ2v) is 5.87. The van der Waals surface area contributed by atoms with Crippen molar-refractivity contribution in [3.63, 3.8) is 0 Å². The van der Waals surface area contributed by atoms with E-state index in [9.17, 15) is 9.59 Å². The van der Waals surface area contributed by atoms with E-state index in [1.807, 2.05) is 0 Å². The Kier molecular flexibility index (Phi) is 7.06. The summed E-state index contributed by atoms with van der Waals surface area (Å²) < 4.78 is 10.6. The number of likely N-dealkylation sites (tertiary alicyclic amines) is 1. The zero-order valence-corrected chi connectivity index (χ0v) is 15.0. The van der Waals surface area contributed by atoms with Crippen LogP contribution < -0.4 is 15.8 Å². The van der Waals surface area contributed by atoms with E-state index in [0.29, 0.717) is 18.0 Å². The van der Waals surface area contributed by atoms with E-state index < -0.39 is 0 Å². The molecule has 2 amide bonds. The van der Waals surface area contributed by atoms with Crippen LogP contribution in [-0.4, -0.2) is 42.5 Å². The van der Waals surface area contributed by atoms with E-state index >= 15 is 0 Å². The van der Waals surface area contributed by atoms with Crippen molar-refractivity contribution in [3.05, 3.63) is 48.4 Å². The van der Waals surface area contributed by atoms with Crippen molar-refractivity contribution >= 4 is 29.9 Å². The minimum Gasteiger partial charge on any atom is -0.484 e. The maximum atomic E-state index is 12.3. The van der Waals surface area contributed by atoms with Crippen LogP contribution in [0.5, 0.6) is 5.75 Å². The van der Waals surface area contributed by atoms with Crippen LogP contribution in [0, 0.1) is 0 Å². The first kappa shape index (κ1) is 19.8. The van der Waals surface area contributed by atoms with E-state index in [-0.39, 0.29) is 42.6 Å². The third kappa shape index (κ3) is 4.77. The Morgan fingerprint density at radius 1 is 1.31 bits per heavy atom. The molecule has 0 spiro atoms. The fraction of sp³-hybridized carbons (Fsp3) is 0.333. The number of amides is 2. The fourth-order valence-electron chi connectivity index (χ4n) is 2.90. The average molecular weight is 380 g/mol. The number of carbonyl (C=O) groups excluding carboxylic acids is 2. The minimum atomic E-state index is -0.346. The molecule has 1 saturated heterocycles. The summed E-state index contributed by atoms with van der Waals surface area (Å²) >= 11 is 0. The van der Waals surface area contributed by atoms with Crippen molar-refractivity contribution in [3.8, 4) is 5.75 Å². The van der Waals surface area contributed by atoms with Crippen LogP contribution in [0.15, 0.2) is 47.1 Å². The molecule has 3 rings (SSSR count). The van der Waals surface area contributed by atoms with Gasteiger partial charge in [0.05, 0.1) is 6.26 Å². The van der Waals surface area contributed by atoms with Crippen molar-refractivity contribution in [1.82, 2.24) is 4.90 Å². The zero-order valence-electron chi connectivity index (χ0n) is 14.2. The maximum Gasteiger partial charge on any atom is 0.291 e. The summed E-state index contributed by atoms with van der Waals surface area (Å²) in [4.78, 5) is 26.0. The molecule has 7 nitrogen and oxygen atoms in total. The lowest BCUT2D eigenvalue weighted by Gasteiger charge is -2.23. The summed E-state index contributed by atoms with van der Waals surface area (Å²) in [5.41, 5.74) is 6.26. The number of nitrogens with two attached hydrogens (primary N) is 1. The Bertz CT molecular complexity index is 736. The first-order valence-electron chi connectivity index (χ1n) is 8.24. The summed E-state index contributed by atoms with van der Waals surface area (Å²) in [7, 11) is 0. The van der Waals surface area contributed by atoms with Gasteiger partial charge in [0.25, 0.3) is 11.8 Å². The lowest BCUT2D eigenvalue weighted by atomic mass is 10.2. The Labute approximate surface area is 157 Å². The number of halogens is 1. The summed E-state index contributed by atoms with van der Waals surface area (Å²) in [5.74, 6) is 0.316. The van der Waals surface area contributed by atoms with Crippen molar-refractivity contribution in [2.24, 2.45) is 5.73 Å². The molecule has 0 saturated carbocycles. The molecule has 140 valence electrons. The van der Waals surface area contributed by atoms with Gasteiger partial charge < -0.3 is 25.1 Å². The second kappa shape index (κ2) is 9.26. The van der Waals surface area contributed by atoms with Crippen LogP contribution >= 0.6 is 12.4 Å². The molecule has 3 N–H and O–H groups in total. The average Bonchev–Trinajstić information content (AvgIpc) is 3.31. The van der Waals surface area contributed by atoms with Crippen molar-refractivity contribution in [2.75, 3.05) is 25.0 Å². The molecule has 2 heterocycles. The summed E-state index contributed by atoms with van der Waals surface area (Å²) in [6.45, 7) is 1.15. The van der Waals surface area contributed by atoms with Crippen molar-refractivity contribution in [1.29, 1.82) is 0 Å². The van der Waals surface area contributed by atoms with Gasteiger partial charge in [-0.05, 0) is 37.1 Å². The highest BCUT2D eigenvalue weighted by Gasteiger charge is 2.27. The number of ether oxygens (including phenoxy) is 1. The van der Waals surface area contributed by atoms with Gasteiger partial charge in [-0.1, -0.05) is 6.07 Å². The smallest absolute Gasteiger partial charge is 0.291 e. The molecular formula is C18H22ClN3O4. The highest BCUT2D eigenvalue weighted by atomic mass is 35.5. The van der Waals surface area contributed by atoms with Gasteiger partial charge in [0, 0.05) is 30.9 Å². The molecule has 26 heavy (non-hydrogen) atoms. The Morgan fingerprint density at radius 2 is 2.15 bits per heavy atom. The second-order valence-electron chi connectivity index (χ2n) is 5.87. The van der Waals surface area contributed by atoms with E-state index in [1.54, 1.807) is 41.3 Å². The fourth-order valence-corrected chi connectivity index (χ4v) is 2.90. The highest BCUT2D eigenvalue weighted by Crippen LogP contribution is 2.20. The van der Waals surface area contributed by atoms with Gasteiger partial charge in [0.15, 0.2) is 12.4 Å². The van der Waals surface area contributed by atoms with Crippen LogP contribution in [0.25, 0.3) is 0 Å². The molecular weight excluding hydrogens is 358 g/mol. The number of hydrogen-bond acceptors (Lipinski definition) is 5. The minimum absolute atomic E-state index is 0.